The second-order valence-corrected chi connectivity index (χ2v) is 2.76. The van der Waals surface area contributed by atoms with Crippen molar-refractivity contribution in [2.45, 2.75) is 0 Å². The second kappa shape index (κ2) is 4.59. The normalized spacial score (nSPS) is 9.47. The van der Waals surface area contributed by atoms with E-state index in [0.717, 1.165) is 0 Å². The minimum Gasteiger partial charge on any atom is -0.366 e. The Kier molecular flexibility index (Phi) is 3.21. The van der Waals surface area contributed by atoms with Crippen LogP contribution in [-0.2, 0) is 4.79 Å². The summed E-state index contributed by atoms with van der Waals surface area (Å²) < 4.78 is 0. The van der Waals surface area contributed by atoms with E-state index in [1.165, 1.54) is 24.3 Å². The van der Waals surface area contributed by atoms with E-state index in [2.05, 4.69) is 0 Å². The van der Waals surface area contributed by atoms with E-state index < -0.39 is 5.91 Å². The predicted octanol–water partition coefficient (Wildman–Crippen LogP) is 0.928. The molecule has 0 heterocycles. The summed E-state index contributed by atoms with van der Waals surface area (Å²) in [7, 11) is 0. The molecular formula is C11H7N3O. The monoisotopic (exact) mass is 197 g/mol. The Morgan fingerprint density at radius 1 is 1.27 bits per heavy atom. The van der Waals surface area contributed by atoms with Crippen molar-refractivity contribution in [3.63, 3.8) is 0 Å². The van der Waals surface area contributed by atoms with Crippen molar-refractivity contribution in [2.75, 3.05) is 0 Å². The Hall–Kier alpha value is -2.59. The maximum atomic E-state index is 10.5. The van der Waals surface area contributed by atoms with E-state index in [1.54, 1.807) is 6.07 Å². The van der Waals surface area contributed by atoms with Gasteiger partial charge >= 0.3 is 0 Å². The fraction of sp³-hybridized carbons (Fsp3) is 0. The standard InChI is InChI=1S/C11H7N3O/c12-6-9-3-1-8(2-4-11(14)15)5-10(9)7-13/h1-5H,(H2,14,15)/b4-2+. The highest BCUT2D eigenvalue weighted by molar-refractivity contribution is 5.90. The lowest BCUT2D eigenvalue weighted by Crippen LogP contribution is -2.05. The first-order valence-corrected chi connectivity index (χ1v) is 4.09. The molecule has 0 aliphatic carbocycles. The molecule has 0 aliphatic heterocycles. The van der Waals surface area contributed by atoms with Crippen molar-refractivity contribution in [3.8, 4) is 12.1 Å². The number of nitriles is 2. The van der Waals surface area contributed by atoms with Crippen LogP contribution >= 0.6 is 0 Å². The number of nitrogens with two attached hydrogens (primary N) is 1. The molecule has 2 N–H and O–H groups in total. The third-order valence-corrected chi connectivity index (χ3v) is 1.72. The predicted molar refractivity (Wildman–Crippen MR) is 54.1 cm³/mol. The van der Waals surface area contributed by atoms with Crippen LogP contribution in [0.4, 0.5) is 0 Å². The van der Waals surface area contributed by atoms with Gasteiger partial charge in [0.1, 0.15) is 12.1 Å². The molecule has 0 aliphatic rings. The molecule has 4 heteroatoms. The van der Waals surface area contributed by atoms with Crippen LogP contribution in [0.1, 0.15) is 16.7 Å². The molecule has 1 amide bonds. The molecule has 0 bridgehead atoms. The van der Waals surface area contributed by atoms with E-state index in [0.29, 0.717) is 11.1 Å². The Balaban J connectivity index is 3.12. The van der Waals surface area contributed by atoms with Gasteiger partial charge in [-0.1, -0.05) is 6.07 Å². The Bertz CT molecular complexity index is 504. The number of benzene rings is 1. The van der Waals surface area contributed by atoms with Crippen molar-refractivity contribution in [2.24, 2.45) is 5.73 Å². The average molecular weight is 197 g/mol. The number of carbonyl (C=O) groups excluding carboxylic acids is 1. The summed E-state index contributed by atoms with van der Waals surface area (Å²) in [5, 5.41) is 17.4. The lowest BCUT2D eigenvalue weighted by molar-refractivity contribution is -0.113. The molecule has 1 aromatic carbocycles. The Morgan fingerprint density at radius 2 is 1.93 bits per heavy atom. The summed E-state index contributed by atoms with van der Waals surface area (Å²) in [6.45, 7) is 0. The second-order valence-electron chi connectivity index (χ2n) is 2.76. The van der Waals surface area contributed by atoms with E-state index in [-0.39, 0.29) is 5.56 Å². The van der Waals surface area contributed by atoms with Crippen LogP contribution in [0.15, 0.2) is 24.3 Å². The van der Waals surface area contributed by atoms with Crippen molar-refractivity contribution in [3.05, 3.63) is 41.0 Å². The van der Waals surface area contributed by atoms with Gasteiger partial charge in [0, 0.05) is 6.08 Å². The van der Waals surface area contributed by atoms with Gasteiger partial charge in [-0.3, -0.25) is 4.79 Å². The van der Waals surface area contributed by atoms with Crippen molar-refractivity contribution in [1.82, 2.24) is 0 Å². The van der Waals surface area contributed by atoms with Crippen LogP contribution in [-0.4, -0.2) is 5.91 Å². The maximum absolute atomic E-state index is 10.5. The number of nitrogens with zero attached hydrogens (tertiary/aromatic N) is 2. The highest BCUT2D eigenvalue weighted by Gasteiger charge is 2.00. The van der Waals surface area contributed by atoms with Crippen LogP contribution < -0.4 is 5.73 Å². The first-order chi connectivity index (χ1) is 7.17. The highest BCUT2D eigenvalue weighted by Crippen LogP contribution is 2.11. The van der Waals surface area contributed by atoms with Gasteiger partial charge in [-0.05, 0) is 23.8 Å². The third kappa shape index (κ3) is 2.68. The summed E-state index contributed by atoms with van der Waals surface area (Å²) in [4.78, 5) is 10.5. The number of hydrogen-bond acceptors (Lipinski definition) is 3. The summed E-state index contributed by atoms with van der Waals surface area (Å²) in [5.74, 6) is -0.558. The molecule has 1 aromatic rings. The number of rotatable bonds is 2. The fourth-order valence-electron chi connectivity index (χ4n) is 1.03. The third-order valence-electron chi connectivity index (χ3n) is 1.72. The smallest absolute Gasteiger partial charge is 0.241 e. The van der Waals surface area contributed by atoms with Gasteiger partial charge in [-0.2, -0.15) is 10.5 Å². The Labute approximate surface area is 86.9 Å². The van der Waals surface area contributed by atoms with Gasteiger partial charge in [-0.25, -0.2) is 0 Å². The lowest BCUT2D eigenvalue weighted by Gasteiger charge is -1.96. The van der Waals surface area contributed by atoms with Crippen molar-refractivity contribution in [1.29, 1.82) is 10.5 Å². The topological polar surface area (TPSA) is 90.7 Å². The number of hydrogen-bond donors (Lipinski definition) is 1. The molecule has 0 atom stereocenters. The van der Waals surface area contributed by atoms with E-state index in [4.69, 9.17) is 16.3 Å². The summed E-state index contributed by atoms with van der Waals surface area (Å²) in [5.41, 5.74) is 6.18. The molecule has 1 rings (SSSR count). The van der Waals surface area contributed by atoms with Crippen LogP contribution in [0.5, 0.6) is 0 Å². The SMILES string of the molecule is N#Cc1ccc(/C=C/C(N)=O)cc1C#N. The van der Waals surface area contributed by atoms with Crippen LogP contribution in [0.3, 0.4) is 0 Å². The minimum absolute atomic E-state index is 0.282. The maximum Gasteiger partial charge on any atom is 0.241 e. The summed E-state index contributed by atoms with van der Waals surface area (Å²) in [6, 6.07) is 8.49. The van der Waals surface area contributed by atoms with Crippen LogP contribution in [0, 0.1) is 22.7 Å². The van der Waals surface area contributed by atoms with E-state index in [9.17, 15) is 4.79 Å². The van der Waals surface area contributed by atoms with E-state index in [1.807, 2.05) is 12.1 Å². The molecule has 0 saturated carbocycles. The molecule has 0 fully saturated rings. The number of carbonyl (C=O) groups is 1. The Morgan fingerprint density at radius 3 is 2.47 bits per heavy atom. The van der Waals surface area contributed by atoms with E-state index >= 15 is 0 Å². The molecule has 0 saturated heterocycles. The van der Waals surface area contributed by atoms with Gasteiger partial charge in [0.2, 0.25) is 5.91 Å². The largest absolute Gasteiger partial charge is 0.366 e. The first kappa shape index (κ1) is 10.5. The average Bonchev–Trinajstić information content (AvgIpc) is 2.25. The summed E-state index contributed by atoms with van der Waals surface area (Å²) in [6.07, 6.45) is 2.69. The number of primary amides is 1. The van der Waals surface area contributed by atoms with Gasteiger partial charge in [0.15, 0.2) is 0 Å². The molecule has 0 aromatic heterocycles. The molecule has 0 unspecified atom stereocenters. The van der Waals surface area contributed by atoms with Crippen LogP contribution in [0.25, 0.3) is 6.08 Å². The fourth-order valence-corrected chi connectivity index (χ4v) is 1.03. The zero-order chi connectivity index (χ0) is 11.3. The molecule has 15 heavy (non-hydrogen) atoms. The molecule has 0 radical (unpaired) electrons. The summed E-state index contributed by atoms with van der Waals surface area (Å²) >= 11 is 0. The molecule has 4 nitrogen and oxygen atoms in total. The van der Waals surface area contributed by atoms with Gasteiger partial charge in [0.05, 0.1) is 11.1 Å². The zero-order valence-electron chi connectivity index (χ0n) is 7.77. The molecule has 0 spiro atoms. The zero-order valence-corrected chi connectivity index (χ0v) is 7.77. The molecule has 72 valence electrons. The van der Waals surface area contributed by atoms with Crippen LogP contribution in [0.2, 0.25) is 0 Å². The van der Waals surface area contributed by atoms with Crippen molar-refractivity contribution >= 4 is 12.0 Å². The van der Waals surface area contributed by atoms with Gasteiger partial charge < -0.3 is 5.73 Å². The lowest BCUT2D eigenvalue weighted by atomic mass is 10.1. The highest BCUT2D eigenvalue weighted by atomic mass is 16.1. The van der Waals surface area contributed by atoms with Gasteiger partial charge in [-0.15, -0.1) is 0 Å². The number of amides is 1. The first-order valence-electron chi connectivity index (χ1n) is 4.09. The minimum atomic E-state index is -0.558. The van der Waals surface area contributed by atoms with Crippen molar-refractivity contribution < 1.29 is 4.79 Å². The quantitative estimate of drug-likeness (QED) is 0.715. The van der Waals surface area contributed by atoms with Gasteiger partial charge in [0.25, 0.3) is 0 Å². The molecular weight excluding hydrogens is 190 g/mol.